The minimum atomic E-state index is 0.00971. The fourth-order valence-corrected chi connectivity index (χ4v) is 1.75. The number of nitrogens with two attached hydrogens (primary N) is 1. The number of para-hydroxylation sites is 1. The molecule has 0 aliphatic heterocycles. The molecule has 0 saturated heterocycles. The lowest BCUT2D eigenvalue weighted by Crippen LogP contribution is -1.90. The zero-order valence-electron chi connectivity index (χ0n) is 9.71. The van der Waals surface area contributed by atoms with Gasteiger partial charge in [-0.3, -0.25) is 0 Å². The van der Waals surface area contributed by atoms with Gasteiger partial charge in [0, 0.05) is 5.39 Å². The lowest BCUT2D eigenvalue weighted by atomic mass is 10.2. The van der Waals surface area contributed by atoms with Gasteiger partial charge in [-0.1, -0.05) is 17.2 Å². The maximum atomic E-state index is 5.67. The van der Waals surface area contributed by atoms with Crippen LogP contribution in [0.15, 0.2) is 33.1 Å². The Morgan fingerprint density at radius 2 is 2.17 bits per heavy atom. The van der Waals surface area contributed by atoms with E-state index < -0.39 is 0 Å². The summed E-state index contributed by atoms with van der Waals surface area (Å²) in [6.45, 7) is 2.49. The van der Waals surface area contributed by atoms with Crippen molar-refractivity contribution in [1.29, 1.82) is 0 Å². The topological polar surface area (TPSA) is 87.3 Å². The first-order valence-electron chi connectivity index (χ1n) is 5.52. The van der Waals surface area contributed by atoms with Crippen molar-refractivity contribution < 1.29 is 13.6 Å². The number of furan rings is 1. The number of ether oxygens (including phenoxy) is 1. The molecule has 0 aliphatic rings. The second-order valence-corrected chi connectivity index (χ2v) is 3.66. The average Bonchev–Trinajstić information content (AvgIpc) is 2.95. The second-order valence-electron chi connectivity index (χ2n) is 3.66. The van der Waals surface area contributed by atoms with Crippen LogP contribution >= 0.6 is 0 Å². The third kappa shape index (κ3) is 1.67. The van der Waals surface area contributed by atoms with Gasteiger partial charge in [0.2, 0.25) is 0 Å². The first-order valence-corrected chi connectivity index (χ1v) is 5.52. The van der Waals surface area contributed by atoms with Crippen LogP contribution in [0, 0.1) is 0 Å². The number of rotatable bonds is 3. The second kappa shape index (κ2) is 4.06. The standard InChI is InChI=1S/C12H11N3O3/c1-2-16-8-5-3-4-7-6-9(17-10(7)8)11-14-15-12(13)18-11/h3-6H,2H2,1H3,(H2,13,15). The molecule has 6 heteroatoms. The van der Waals surface area contributed by atoms with Crippen LogP contribution < -0.4 is 10.5 Å². The molecule has 0 aliphatic carbocycles. The highest BCUT2D eigenvalue weighted by atomic mass is 16.5. The Labute approximate surface area is 102 Å². The summed E-state index contributed by atoms with van der Waals surface area (Å²) in [5.74, 6) is 1.42. The van der Waals surface area contributed by atoms with Crippen molar-refractivity contribution >= 4 is 17.0 Å². The molecule has 0 unspecified atom stereocenters. The number of nitrogen functional groups attached to an aromatic ring is 1. The number of hydrogen-bond donors (Lipinski definition) is 1. The lowest BCUT2D eigenvalue weighted by Gasteiger charge is -2.01. The molecule has 1 aromatic carbocycles. The summed E-state index contributed by atoms with van der Waals surface area (Å²) in [5.41, 5.74) is 6.04. The normalized spacial score (nSPS) is 10.9. The van der Waals surface area contributed by atoms with Crippen molar-refractivity contribution in [2.45, 2.75) is 6.92 Å². The molecule has 0 fully saturated rings. The maximum Gasteiger partial charge on any atom is 0.313 e. The minimum Gasteiger partial charge on any atom is -0.490 e. The molecule has 2 aromatic heterocycles. The van der Waals surface area contributed by atoms with Gasteiger partial charge in [-0.2, -0.15) is 0 Å². The first kappa shape index (κ1) is 10.6. The molecule has 2 N–H and O–H groups in total. The first-order chi connectivity index (χ1) is 8.78. The van der Waals surface area contributed by atoms with Crippen LogP contribution in [0.25, 0.3) is 22.6 Å². The predicted octanol–water partition coefficient (Wildman–Crippen LogP) is 2.46. The summed E-state index contributed by atoms with van der Waals surface area (Å²) in [5, 5.41) is 8.28. The summed E-state index contributed by atoms with van der Waals surface area (Å²) in [7, 11) is 0. The van der Waals surface area contributed by atoms with Gasteiger partial charge in [0.25, 0.3) is 5.89 Å². The Balaban J connectivity index is 2.13. The SMILES string of the molecule is CCOc1cccc2cc(-c3nnc(N)o3)oc12. The lowest BCUT2D eigenvalue weighted by molar-refractivity contribution is 0.338. The van der Waals surface area contributed by atoms with E-state index in [1.165, 1.54) is 0 Å². The van der Waals surface area contributed by atoms with E-state index in [0.29, 0.717) is 23.7 Å². The van der Waals surface area contributed by atoms with Gasteiger partial charge in [0.05, 0.1) is 6.61 Å². The molecule has 0 radical (unpaired) electrons. The van der Waals surface area contributed by atoms with Crippen LogP contribution in [0.5, 0.6) is 5.75 Å². The van der Waals surface area contributed by atoms with Crippen molar-refractivity contribution in [1.82, 2.24) is 10.2 Å². The smallest absolute Gasteiger partial charge is 0.313 e. The van der Waals surface area contributed by atoms with Crippen LogP contribution in [0.4, 0.5) is 6.01 Å². The summed E-state index contributed by atoms with van der Waals surface area (Å²) in [4.78, 5) is 0. The highest BCUT2D eigenvalue weighted by Crippen LogP contribution is 2.33. The van der Waals surface area contributed by atoms with Crippen molar-refractivity contribution in [3.05, 3.63) is 24.3 Å². The van der Waals surface area contributed by atoms with Gasteiger partial charge in [0.15, 0.2) is 17.1 Å². The molecular weight excluding hydrogens is 234 g/mol. The fourth-order valence-electron chi connectivity index (χ4n) is 1.75. The van der Waals surface area contributed by atoms with Crippen LogP contribution in [0.1, 0.15) is 6.92 Å². The number of aromatic nitrogens is 2. The van der Waals surface area contributed by atoms with Crippen LogP contribution in [-0.2, 0) is 0 Å². The number of hydrogen-bond acceptors (Lipinski definition) is 6. The molecule has 0 spiro atoms. The van der Waals surface area contributed by atoms with Crippen molar-refractivity contribution in [3.8, 4) is 17.4 Å². The third-order valence-electron chi connectivity index (χ3n) is 2.46. The molecular formula is C12H11N3O3. The van der Waals surface area contributed by atoms with Crippen LogP contribution in [0.3, 0.4) is 0 Å². The fraction of sp³-hybridized carbons (Fsp3) is 0.167. The van der Waals surface area contributed by atoms with Crippen molar-refractivity contribution in [2.24, 2.45) is 0 Å². The molecule has 0 amide bonds. The largest absolute Gasteiger partial charge is 0.490 e. The van der Waals surface area contributed by atoms with Gasteiger partial charge in [0.1, 0.15) is 0 Å². The Morgan fingerprint density at radius 3 is 2.89 bits per heavy atom. The van der Waals surface area contributed by atoms with Crippen LogP contribution in [0.2, 0.25) is 0 Å². The third-order valence-corrected chi connectivity index (χ3v) is 2.46. The van der Waals surface area contributed by atoms with Gasteiger partial charge in [-0.15, -0.1) is 5.10 Å². The zero-order valence-corrected chi connectivity index (χ0v) is 9.71. The summed E-state index contributed by atoms with van der Waals surface area (Å²) in [6, 6.07) is 7.49. The predicted molar refractivity (Wildman–Crippen MR) is 65.1 cm³/mol. The molecule has 3 aromatic rings. The van der Waals surface area contributed by atoms with E-state index in [4.69, 9.17) is 19.3 Å². The monoisotopic (exact) mass is 245 g/mol. The molecule has 3 rings (SSSR count). The summed E-state index contributed by atoms with van der Waals surface area (Å²) < 4.78 is 16.3. The molecule has 2 heterocycles. The quantitative estimate of drug-likeness (QED) is 0.762. The molecule has 18 heavy (non-hydrogen) atoms. The van der Waals surface area contributed by atoms with Gasteiger partial charge in [-0.05, 0) is 19.1 Å². The molecule has 6 nitrogen and oxygen atoms in total. The molecule has 92 valence electrons. The van der Waals surface area contributed by atoms with Crippen molar-refractivity contribution in [2.75, 3.05) is 12.3 Å². The van der Waals surface area contributed by atoms with Crippen molar-refractivity contribution in [3.63, 3.8) is 0 Å². The minimum absolute atomic E-state index is 0.00971. The maximum absolute atomic E-state index is 5.67. The van der Waals surface area contributed by atoms with E-state index in [2.05, 4.69) is 10.2 Å². The Hall–Kier alpha value is -2.50. The summed E-state index contributed by atoms with van der Waals surface area (Å²) in [6.07, 6.45) is 0. The van der Waals surface area contributed by atoms with E-state index >= 15 is 0 Å². The number of fused-ring (bicyclic) bond motifs is 1. The highest BCUT2D eigenvalue weighted by molar-refractivity contribution is 5.86. The Bertz CT molecular complexity index is 687. The molecule has 0 bridgehead atoms. The Kier molecular flexibility index (Phi) is 2.40. The van der Waals surface area contributed by atoms with E-state index in [-0.39, 0.29) is 11.9 Å². The van der Waals surface area contributed by atoms with Gasteiger partial charge < -0.3 is 19.3 Å². The number of nitrogens with zero attached hydrogens (tertiary/aromatic N) is 2. The number of benzene rings is 1. The van der Waals surface area contributed by atoms with Gasteiger partial charge >= 0.3 is 6.01 Å². The summed E-state index contributed by atoms with van der Waals surface area (Å²) >= 11 is 0. The molecule has 0 saturated carbocycles. The van der Waals surface area contributed by atoms with E-state index in [0.717, 1.165) is 5.39 Å². The van der Waals surface area contributed by atoms with E-state index in [1.54, 1.807) is 0 Å². The number of anilines is 1. The van der Waals surface area contributed by atoms with Gasteiger partial charge in [-0.25, -0.2) is 0 Å². The zero-order chi connectivity index (χ0) is 12.5. The Morgan fingerprint density at radius 1 is 1.28 bits per heavy atom. The molecule has 0 atom stereocenters. The highest BCUT2D eigenvalue weighted by Gasteiger charge is 2.14. The van der Waals surface area contributed by atoms with E-state index in [9.17, 15) is 0 Å². The van der Waals surface area contributed by atoms with E-state index in [1.807, 2.05) is 31.2 Å². The average molecular weight is 245 g/mol. The van der Waals surface area contributed by atoms with Crippen LogP contribution in [-0.4, -0.2) is 16.8 Å².